The number of carbonyl (C=O) groups excluding carboxylic acids is 2. The number of carbonyl (C=O) groups is 2. The lowest BCUT2D eigenvalue weighted by atomic mass is 9.97. The Kier molecular flexibility index (Phi) is 8.89. The second kappa shape index (κ2) is 11.6. The van der Waals surface area contributed by atoms with E-state index in [4.69, 9.17) is 18.9 Å². The zero-order valence-corrected chi connectivity index (χ0v) is 20.7. The molecule has 1 fully saturated rings. The van der Waals surface area contributed by atoms with Crippen LogP contribution < -0.4 is 4.74 Å². The summed E-state index contributed by atoms with van der Waals surface area (Å²) in [4.78, 5) is 29.7. The molecule has 1 aromatic carbocycles. The Morgan fingerprint density at radius 2 is 1.76 bits per heavy atom. The summed E-state index contributed by atoms with van der Waals surface area (Å²) in [5, 5.41) is 9.60. The quantitative estimate of drug-likeness (QED) is 0.648. The number of hydrogen-bond donors (Lipinski definition) is 0. The van der Waals surface area contributed by atoms with Crippen LogP contribution in [0.4, 0.5) is 0 Å². The Morgan fingerprint density at radius 3 is 2.44 bits per heavy atom. The Labute approximate surface area is 201 Å². The van der Waals surface area contributed by atoms with Gasteiger partial charge in [-0.15, -0.1) is 0 Å². The van der Waals surface area contributed by atoms with Crippen molar-refractivity contribution >= 4 is 11.8 Å². The Balaban J connectivity index is 1.95. The molecule has 9 nitrogen and oxygen atoms in total. The lowest BCUT2D eigenvalue weighted by Crippen LogP contribution is -2.50. The molecule has 9 heteroatoms. The van der Waals surface area contributed by atoms with Crippen molar-refractivity contribution in [2.75, 3.05) is 48.0 Å². The number of nitriles is 1. The van der Waals surface area contributed by atoms with Gasteiger partial charge in [-0.25, -0.2) is 0 Å². The highest BCUT2D eigenvalue weighted by atomic mass is 16.5. The predicted molar refractivity (Wildman–Crippen MR) is 125 cm³/mol. The predicted octanol–water partition coefficient (Wildman–Crippen LogP) is 2.08. The highest BCUT2D eigenvalue weighted by Gasteiger charge is 2.36. The molecule has 5 atom stereocenters. The lowest BCUT2D eigenvalue weighted by Gasteiger charge is -2.38. The van der Waals surface area contributed by atoms with Gasteiger partial charge in [0, 0.05) is 47.8 Å². The summed E-state index contributed by atoms with van der Waals surface area (Å²) >= 11 is 0. The highest BCUT2D eigenvalue weighted by molar-refractivity contribution is 5.97. The van der Waals surface area contributed by atoms with Gasteiger partial charge in [-0.1, -0.05) is 13.0 Å². The highest BCUT2D eigenvalue weighted by Crippen LogP contribution is 2.28. The van der Waals surface area contributed by atoms with Gasteiger partial charge in [0.15, 0.2) is 0 Å². The zero-order valence-electron chi connectivity index (χ0n) is 20.7. The van der Waals surface area contributed by atoms with Crippen molar-refractivity contribution in [3.05, 3.63) is 29.3 Å². The fourth-order valence-corrected chi connectivity index (χ4v) is 4.68. The zero-order chi connectivity index (χ0) is 24.8. The molecule has 2 aliphatic rings. The van der Waals surface area contributed by atoms with E-state index in [9.17, 15) is 14.9 Å². The Bertz CT molecular complexity index is 916. The topological polar surface area (TPSA) is 101 Å². The normalized spacial score (nSPS) is 29.2. The number of ether oxygens (including phenoxy) is 4. The van der Waals surface area contributed by atoms with Crippen molar-refractivity contribution in [1.29, 1.82) is 5.26 Å². The first-order valence-corrected chi connectivity index (χ1v) is 11.7. The number of nitrogens with zero attached hydrogens (tertiary/aromatic N) is 3. The largest absolute Gasteiger partial charge is 0.491 e. The summed E-state index contributed by atoms with van der Waals surface area (Å²) in [7, 11) is 6.61. The molecule has 3 rings (SSSR count). The minimum atomic E-state index is -0.515. The van der Waals surface area contributed by atoms with E-state index in [0.29, 0.717) is 30.7 Å². The minimum Gasteiger partial charge on any atom is -0.491 e. The molecule has 0 aliphatic carbocycles. The van der Waals surface area contributed by atoms with Crippen LogP contribution in [0.2, 0.25) is 0 Å². The fourth-order valence-electron chi connectivity index (χ4n) is 4.68. The molecule has 0 N–H and O–H groups in total. The number of rotatable bonds is 2. The standard InChI is InChI=1S/C25H35N3O6/c1-16-21(32-5)14-28(3)25(30)19-8-6-7-17(13-26)23(19)33-12-11-18-9-10-20(31-4)22(34-18)15-27(2)24(16)29/h6-8,16,18,20-22H,9-12,14-15H2,1-5H3/t16-,18+,20-,21-,22+/m0/s1. The average molecular weight is 474 g/mol. The van der Waals surface area contributed by atoms with E-state index in [1.165, 1.54) is 12.0 Å². The summed E-state index contributed by atoms with van der Waals surface area (Å²) in [6.07, 6.45) is 1.25. The van der Waals surface area contributed by atoms with Gasteiger partial charge in [-0.3, -0.25) is 9.59 Å². The molecule has 1 aromatic rings. The summed E-state index contributed by atoms with van der Waals surface area (Å²) in [6.45, 7) is 2.70. The molecule has 2 heterocycles. The van der Waals surface area contributed by atoms with E-state index < -0.39 is 12.0 Å². The number of methoxy groups -OCH3 is 2. The molecule has 34 heavy (non-hydrogen) atoms. The summed E-state index contributed by atoms with van der Waals surface area (Å²) in [5.41, 5.74) is 0.609. The van der Waals surface area contributed by atoms with Crippen molar-refractivity contribution < 1.29 is 28.5 Å². The molecule has 0 unspecified atom stereocenters. The van der Waals surface area contributed by atoms with Gasteiger partial charge in [-0.05, 0) is 25.0 Å². The van der Waals surface area contributed by atoms with E-state index in [1.54, 1.807) is 51.2 Å². The summed E-state index contributed by atoms with van der Waals surface area (Å²) in [6, 6.07) is 7.07. The minimum absolute atomic E-state index is 0.0759. The van der Waals surface area contributed by atoms with Gasteiger partial charge < -0.3 is 28.7 Å². The Morgan fingerprint density at radius 1 is 1.03 bits per heavy atom. The molecule has 186 valence electrons. The maximum absolute atomic E-state index is 13.3. The molecule has 0 spiro atoms. The van der Waals surface area contributed by atoms with Crippen molar-refractivity contribution in [3.8, 4) is 11.8 Å². The van der Waals surface area contributed by atoms with Gasteiger partial charge in [0.2, 0.25) is 5.91 Å². The van der Waals surface area contributed by atoms with Gasteiger partial charge in [0.05, 0.1) is 42.0 Å². The van der Waals surface area contributed by atoms with Crippen LogP contribution in [0.1, 0.15) is 42.1 Å². The number of hydrogen-bond acceptors (Lipinski definition) is 7. The molecular weight excluding hydrogens is 438 g/mol. The van der Waals surface area contributed by atoms with E-state index >= 15 is 0 Å². The van der Waals surface area contributed by atoms with Crippen LogP contribution >= 0.6 is 0 Å². The molecule has 0 radical (unpaired) electrons. The first-order valence-electron chi connectivity index (χ1n) is 11.7. The third-order valence-electron chi connectivity index (χ3n) is 6.79. The van der Waals surface area contributed by atoms with Gasteiger partial charge >= 0.3 is 0 Å². The molecule has 0 aromatic heterocycles. The molecular formula is C25H35N3O6. The monoisotopic (exact) mass is 473 g/mol. The van der Waals surface area contributed by atoms with Crippen molar-refractivity contribution in [2.24, 2.45) is 5.92 Å². The van der Waals surface area contributed by atoms with Crippen LogP contribution in [-0.4, -0.2) is 94.0 Å². The third-order valence-corrected chi connectivity index (χ3v) is 6.79. The summed E-state index contributed by atoms with van der Waals surface area (Å²) < 4.78 is 23.6. The van der Waals surface area contributed by atoms with Gasteiger partial charge in [0.25, 0.3) is 5.91 Å². The first-order chi connectivity index (χ1) is 16.3. The van der Waals surface area contributed by atoms with Crippen LogP contribution in [0.25, 0.3) is 0 Å². The maximum Gasteiger partial charge on any atom is 0.257 e. The van der Waals surface area contributed by atoms with E-state index in [0.717, 1.165) is 12.8 Å². The van der Waals surface area contributed by atoms with E-state index in [1.807, 2.05) is 0 Å². The second-order valence-corrected chi connectivity index (χ2v) is 9.05. The van der Waals surface area contributed by atoms with E-state index in [-0.39, 0.29) is 42.4 Å². The van der Waals surface area contributed by atoms with Crippen LogP contribution in [0.5, 0.6) is 5.75 Å². The molecule has 1 saturated heterocycles. The van der Waals surface area contributed by atoms with Crippen molar-refractivity contribution in [3.63, 3.8) is 0 Å². The molecule has 2 aliphatic heterocycles. The van der Waals surface area contributed by atoms with Crippen LogP contribution in [0.3, 0.4) is 0 Å². The van der Waals surface area contributed by atoms with Gasteiger partial charge in [-0.2, -0.15) is 5.26 Å². The molecule has 2 bridgehead atoms. The average Bonchev–Trinajstić information content (AvgIpc) is 2.85. The smallest absolute Gasteiger partial charge is 0.257 e. The van der Waals surface area contributed by atoms with Crippen LogP contribution in [0, 0.1) is 17.2 Å². The number of fused-ring (bicyclic) bond motifs is 3. The number of benzene rings is 1. The second-order valence-electron chi connectivity index (χ2n) is 9.05. The SMILES string of the molecule is CO[C@H]1CN(C)C(=O)c2cccc(C#N)c2OCC[C@H]2CC[C@H](OC)[C@@H](CN(C)C(=O)[C@H]1C)O2. The van der Waals surface area contributed by atoms with Crippen LogP contribution in [-0.2, 0) is 19.0 Å². The third kappa shape index (κ3) is 5.69. The number of para-hydroxylation sites is 1. The lowest BCUT2D eigenvalue weighted by molar-refractivity contribution is -0.154. The molecule has 2 amide bonds. The van der Waals surface area contributed by atoms with Gasteiger partial charge in [0.1, 0.15) is 17.9 Å². The fraction of sp³-hybridized carbons (Fsp3) is 0.640. The number of amides is 2. The molecule has 0 saturated carbocycles. The van der Waals surface area contributed by atoms with E-state index in [2.05, 4.69) is 6.07 Å². The first kappa shape index (κ1) is 25.9. The Hall–Kier alpha value is -2.67. The maximum atomic E-state index is 13.3. The van der Waals surface area contributed by atoms with Crippen LogP contribution in [0.15, 0.2) is 18.2 Å². The van der Waals surface area contributed by atoms with Crippen molar-refractivity contribution in [1.82, 2.24) is 9.80 Å². The summed E-state index contributed by atoms with van der Waals surface area (Å²) in [5.74, 6) is -0.601. The number of likely N-dealkylation sites (N-methyl/N-ethyl adjacent to an activating group) is 2. The van der Waals surface area contributed by atoms with Crippen molar-refractivity contribution in [2.45, 2.75) is 50.6 Å².